The van der Waals surface area contributed by atoms with Gasteiger partial charge in [0.15, 0.2) is 0 Å². The number of anilines is 2. The Bertz CT molecular complexity index is 298. The van der Waals surface area contributed by atoms with Crippen LogP contribution < -0.4 is 9.80 Å². The van der Waals surface area contributed by atoms with Crippen molar-refractivity contribution in [2.75, 3.05) is 38.0 Å². The highest BCUT2D eigenvalue weighted by molar-refractivity contribution is 5.66. The van der Waals surface area contributed by atoms with Crippen molar-refractivity contribution in [2.45, 2.75) is 13.8 Å². The Kier molecular flexibility index (Phi) is 3.04. The minimum atomic E-state index is 1.29. The van der Waals surface area contributed by atoms with Crippen LogP contribution >= 0.6 is 0 Å². The average Bonchev–Trinajstić information content (AvgIpc) is 2.02. The first-order chi connectivity index (χ1) is 6.43. The molecule has 0 aliphatic carbocycles. The number of hydrogen-bond donors (Lipinski definition) is 0. The summed E-state index contributed by atoms with van der Waals surface area (Å²) in [5.74, 6) is 0. The zero-order valence-corrected chi connectivity index (χ0v) is 10.0. The van der Waals surface area contributed by atoms with Gasteiger partial charge < -0.3 is 9.80 Å². The normalized spacial score (nSPS) is 10.1. The van der Waals surface area contributed by atoms with E-state index in [9.17, 15) is 0 Å². The van der Waals surface area contributed by atoms with Crippen molar-refractivity contribution in [1.82, 2.24) is 0 Å². The zero-order chi connectivity index (χ0) is 10.9. The van der Waals surface area contributed by atoms with E-state index in [4.69, 9.17) is 0 Å². The predicted molar refractivity (Wildman–Crippen MR) is 64.6 cm³/mol. The quantitative estimate of drug-likeness (QED) is 0.710. The van der Waals surface area contributed by atoms with E-state index in [0.717, 1.165) is 0 Å². The maximum atomic E-state index is 2.24. The fourth-order valence-corrected chi connectivity index (χ4v) is 1.79. The van der Waals surface area contributed by atoms with Crippen LogP contribution in [0.5, 0.6) is 0 Å². The number of rotatable bonds is 2. The molecule has 1 aromatic carbocycles. The van der Waals surface area contributed by atoms with Gasteiger partial charge in [0.25, 0.3) is 0 Å². The van der Waals surface area contributed by atoms with Gasteiger partial charge in [-0.15, -0.1) is 0 Å². The number of hydrogen-bond acceptors (Lipinski definition) is 2. The summed E-state index contributed by atoms with van der Waals surface area (Å²) in [4.78, 5) is 4.31. The van der Waals surface area contributed by atoms with Crippen LogP contribution in [0, 0.1) is 13.8 Å². The summed E-state index contributed by atoms with van der Waals surface area (Å²) in [6.45, 7) is 4.31. The van der Waals surface area contributed by atoms with Crippen molar-refractivity contribution in [3.63, 3.8) is 0 Å². The lowest BCUT2D eigenvalue weighted by atomic mass is 10.1. The molecule has 2 heteroatoms. The Morgan fingerprint density at radius 3 is 1.36 bits per heavy atom. The second-order valence-corrected chi connectivity index (χ2v) is 4.21. The largest absolute Gasteiger partial charge is 0.377 e. The van der Waals surface area contributed by atoms with Gasteiger partial charge in [-0.1, -0.05) is 6.07 Å². The van der Waals surface area contributed by atoms with Crippen molar-refractivity contribution < 1.29 is 0 Å². The third kappa shape index (κ3) is 2.00. The van der Waals surface area contributed by atoms with Crippen LogP contribution in [0.1, 0.15) is 11.1 Å². The molecule has 1 aromatic rings. The standard InChI is InChI=1S/C12H20N2/c1-9-7-10(2)12(14(5)6)8-11(9)13(3)4/h7-8H,1-6H3. The van der Waals surface area contributed by atoms with E-state index in [2.05, 4.69) is 64.0 Å². The molecule has 1 rings (SSSR count). The summed E-state index contributed by atoms with van der Waals surface area (Å²) >= 11 is 0. The van der Waals surface area contributed by atoms with Crippen molar-refractivity contribution in [2.24, 2.45) is 0 Å². The van der Waals surface area contributed by atoms with Crippen LogP contribution in [0.15, 0.2) is 12.1 Å². The van der Waals surface area contributed by atoms with Crippen LogP contribution in [0.2, 0.25) is 0 Å². The SMILES string of the molecule is Cc1cc(C)c(N(C)C)cc1N(C)C. The highest BCUT2D eigenvalue weighted by Gasteiger charge is 2.06. The lowest BCUT2D eigenvalue weighted by Gasteiger charge is -2.22. The van der Waals surface area contributed by atoms with Crippen LogP contribution in [-0.4, -0.2) is 28.2 Å². The number of aryl methyl sites for hydroxylation is 2. The molecule has 14 heavy (non-hydrogen) atoms. The Morgan fingerprint density at radius 1 is 0.714 bits per heavy atom. The molecule has 0 aliphatic rings. The smallest absolute Gasteiger partial charge is 0.0411 e. The van der Waals surface area contributed by atoms with Crippen LogP contribution in [-0.2, 0) is 0 Å². The van der Waals surface area contributed by atoms with Gasteiger partial charge in [-0.05, 0) is 31.0 Å². The first-order valence-corrected chi connectivity index (χ1v) is 4.89. The van der Waals surface area contributed by atoms with Crippen LogP contribution in [0.25, 0.3) is 0 Å². The molecule has 0 spiro atoms. The van der Waals surface area contributed by atoms with Gasteiger partial charge in [0.2, 0.25) is 0 Å². The van der Waals surface area contributed by atoms with E-state index < -0.39 is 0 Å². The van der Waals surface area contributed by atoms with E-state index in [-0.39, 0.29) is 0 Å². The molecular weight excluding hydrogens is 172 g/mol. The van der Waals surface area contributed by atoms with E-state index in [1.165, 1.54) is 22.5 Å². The van der Waals surface area contributed by atoms with E-state index in [1.54, 1.807) is 0 Å². The second-order valence-electron chi connectivity index (χ2n) is 4.21. The third-order valence-electron chi connectivity index (χ3n) is 2.48. The summed E-state index contributed by atoms with van der Waals surface area (Å²) in [7, 11) is 8.32. The molecule has 0 heterocycles. The molecule has 0 bridgehead atoms. The van der Waals surface area contributed by atoms with Gasteiger partial charge in [0, 0.05) is 39.6 Å². The van der Waals surface area contributed by atoms with Crippen LogP contribution in [0.3, 0.4) is 0 Å². The molecule has 0 N–H and O–H groups in total. The molecule has 0 amide bonds. The zero-order valence-electron chi connectivity index (χ0n) is 10.0. The minimum absolute atomic E-state index is 1.29. The lowest BCUT2D eigenvalue weighted by Crippen LogP contribution is -2.14. The monoisotopic (exact) mass is 192 g/mol. The fourth-order valence-electron chi connectivity index (χ4n) is 1.79. The summed E-state index contributed by atoms with van der Waals surface area (Å²) in [5.41, 5.74) is 5.25. The molecule has 78 valence electrons. The Balaban J connectivity index is 3.27. The van der Waals surface area contributed by atoms with Crippen molar-refractivity contribution >= 4 is 11.4 Å². The summed E-state index contributed by atoms with van der Waals surface area (Å²) < 4.78 is 0. The number of nitrogens with zero attached hydrogens (tertiary/aromatic N) is 2. The van der Waals surface area contributed by atoms with Crippen molar-refractivity contribution in [1.29, 1.82) is 0 Å². The third-order valence-corrected chi connectivity index (χ3v) is 2.48. The number of benzene rings is 1. The second kappa shape index (κ2) is 3.91. The molecule has 0 atom stereocenters. The lowest BCUT2D eigenvalue weighted by molar-refractivity contribution is 1.08. The molecule has 0 saturated heterocycles. The summed E-state index contributed by atoms with van der Waals surface area (Å²) in [5, 5.41) is 0. The van der Waals surface area contributed by atoms with E-state index in [0.29, 0.717) is 0 Å². The highest BCUT2D eigenvalue weighted by Crippen LogP contribution is 2.27. The van der Waals surface area contributed by atoms with Gasteiger partial charge >= 0.3 is 0 Å². The molecule has 0 aromatic heterocycles. The molecule has 0 radical (unpaired) electrons. The Hall–Kier alpha value is -1.18. The van der Waals surface area contributed by atoms with Crippen molar-refractivity contribution in [3.8, 4) is 0 Å². The summed E-state index contributed by atoms with van der Waals surface area (Å²) in [6, 6.07) is 4.48. The average molecular weight is 192 g/mol. The molecule has 0 aliphatic heterocycles. The van der Waals surface area contributed by atoms with Gasteiger partial charge in [-0.3, -0.25) is 0 Å². The van der Waals surface area contributed by atoms with Crippen LogP contribution in [0.4, 0.5) is 11.4 Å². The minimum Gasteiger partial charge on any atom is -0.377 e. The summed E-state index contributed by atoms with van der Waals surface area (Å²) in [6.07, 6.45) is 0. The first kappa shape index (κ1) is 10.9. The molecule has 0 fully saturated rings. The first-order valence-electron chi connectivity index (χ1n) is 4.89. The van der Waals surface area contributed by atoms with Gasteiger partial charge in [0.1, 0.15) is 0 Å². The van der Waals surface area contributed by atoms with E-state index >= 15 is 0 Å². The fraction of sp³-hybridized carbons (Fsp3) is 0.500. The maximum absolute atomic E-state index is 2.24. The van der Waals surface area contributed by atoms with Crippen molar-refractivity contribution in [3.05, 3.63) is 23.3 Å². The molecule has 0 saturated carbocycles. The Labute approximate surface area is 87.1 Å². The van der Waals surface area contributed by atoms with E-state index in [1.807, 2.05) is 0 Å². The Morgan fingerprint density at radius 2 is 1.07 bits per heavy atom. The molecule has 2 nitrogen and oxygen atoms in total. The van der Waals surface area contributed by atoms with Gasteiger partial charge in [-0.25, -0.2) is 0 Å². The predicted octanol–water partition coefficient (Wildman–Crippen LogP) is 2.44. The van der Waals surface area contributed by atoms with Gasteiger partial charge in [-0.2, -0.15) is 0 Å². The van der Waals surface area contributed by atoms with Gasteiger partial charge in [0.05, 0.1) is 0 Å². The molecule has 0 unspecified atom stereocenters. The molecular formula is C12H20N2. The maximum Gasteiger partial charge on any atom is 0.0411 e. The topological polar surface area (TPSA) is 6.48 Å². The highest BCUT2D eigenvalue weighted by atomic mass is 15.1.